The maximum absolute atomic E-state index is 11.6. The van der Waals surface area contributed by atoms with Crippen LogP contribution >= 0.6 is 0 Å². The molecule has 1 saturated heterocycles. The van der Waals surface area contributed by atoms with E-state index in [9.17, 15) is 9.59 Å². The minimum atomic E-state index is -0.435. The van der Waals surface area contributed by atoms with E-state index < -0.39 is 6.10 Å². The quantitative estimate of drug-likeness (QED) is 0.468. The first-order chi connectivity index (χ1) is 12.6. The Morgan fingerprint density at radius 1 is 1.38 bits per heavy atom. The van der Waals surface area contributed by atoms with Crippen molar-refractivity contribution in [2.45, 2.75) is 43.4 Å². The van der Waals surface area contributed by atoms with Gasteiger partial charge in [-0.3, -0.25) is 9.59 Å². The van der Waals surface area contributed by atoms with Crippen molar-refractivity contribution in [3.05, 3.63) is 35.4 Å². The van der Waals surface area contributed by atoms with E-state index in [0.717, 1.165) is 25.0 Å². The number of carbonyl (C=O) groups excluding carboxylic acids is 2. The number of nitrogens with zero attached hydrogens (tertiary/aromatic N) is 1. The molecule has 4 aliphatic rings. The van der Waals surface area contributed by atoms with Crippen molar-refractivity contribution < 1.29 is 23.8 Å². The summed E-state index contributed by atoms with van der Waals surface area (Å²) in [6.07, 6.45) is 5.89. The van der Waals surface area contributed by atoms with Gasteiger partial charge >= 0.3 is 5.97 Å². The van der Waals surface area contributed by atoms with Crippen molar-refractivity contribution >= 4 is 12.4 Å². The Bertz CT molecular complexity index is 834. The molecular formula is C20H21NO5. The Balaban J connectivity index is 1.73. The summed E-state index contributed by atoms with van der Waals surface area (Å²) < 4.78 is 17.6. The third-order valence-electron chi connectivity index (χ3n) is 6.54. The van der Waals surface area contributed by atoms with Gasteiger partial charge < -0.3 is 19.1 Å². The first-order valence-corrected chi connectivity index (χ1v) is 9.03. The number of amides is 1. The van der Waals surface area contributed by atoms with Gasteiger partial charge in [-0.05, 0) is 30.5 Å². The van der Waals surface area contributed by atoms with Gasteiger partial charge in [0.1, 0.15) is 6.10 Å². The van der Waals surface area contributed by atoms with Crippen LogP contribution in [0.25, 0.3) is 0 Å². The molecule has 1 amide bonds. The predicted molar refractivity (Wildman–Crippen MR) is 92.2 cm³/mol. The molecule has 26 heavy (non-hydrogen) atoms. The highest BCUT2D eigenvalue weighted by Crippen LogP contribution is 2.62. The van der Waals surface area contributed by atoms with Gasteiger partial charge in [-0.2, -0.15) is 0 Å². The minimum absolute atomic E-state index is 0.105. The Morgan fingerprint density at radius 3 is 2.96 bits per heavy atom. The average Bonchev–Trinajstić information content (AvgIpc) is 2.97. The van der Waals surface area contributed by atoms with Gasteiger partial charge in [0.2, 0.25) is 6.41 Å². The van der Waals surface area contributed by atoms with E-state index in [2.05, 4.69) is 12.1 Å². The number of hydrogen-bond donors (Lipinski definition) is 0. The molecule has 6 heteroatoms. The molecule has 2 aliphatic carbocycles. The summed E-state index contributed by atoms with van der Waals surface area (Å²) >= 11 is 0. The lowest BCUT2D eigenvalue weighted by Crippen LogP contribution is -2.65. The molecule has 0 radical (unpaired) electrons. The third kappa shape index (κ3) is 1.77. The predicted octanol–water partition coefficient (Wildman–Crippen LogP) is 1.60. The number of esters is 1. The van der Waals surface area contributed by atoms with Crippen LogP contribution in [0.3, 0.4) is 0 Å². The fourth-order valence-corrected chi connectivity index (χ4v) is 5.64. The zero-order chi connectivity index (χ0) is 18.1. The number of likely N-dealkylation sites (tertiary alicyclic amines) is 1. The van der Waals surface area contributed by atoms with Crippen molar-refractivity contribution in [1.82, 2.24) is 4.90 Å². The van der Waals surface area contributed by atoms with E-state index in [1.165, 1.54) is 18.1 Å². The van der Waals surface area contributed by atoms with E-state index in [1.54, 1.807) is 7.11 Å². The number of carbonyl (C=O) groups is 2. The van der Waals surface area contributed by atoms with Crippen LogP contribution in [0, 0.1) is 5.92 Å². The minimum Gasteiger partial charge on any atom is -0.493 e. The highest BCUT2D eigenvalue weighted by atomic mass is 16.6. The summed E-state index contributed by atoms with van der Waals surface area (Å²) in [4.78, 5) is 25.2. The molecule has 0 aromatic heterocycles. The summed E-state index contributed by atoms with van der Waals surface area (Å²) in [7, 11) is 1.64. The van der Waals surface area contributed by atoms with Crippen molar-refractivity contribution in [3.63, 3.8) is 0 Å². The van der Waals surface area contributed by atoms with Crippen LogP contribution in [-0.2, 0) is 26.2 Å². The molecule has 5 rings (SSSR count). The normalized spacial score (nSPS) is 35.4. The molecule has 2 aliphatic heterocycles. The number of rotatable bonds is 3. The summed E-state index contributed by atoms with van der Waals surface area (Å²) in [5.41, 5.74) is 2.11. The van der Waals surface area contributed by atoms with Crippen LogP contribution in [-0.4, -0.2) is 49.2 Å². The van der Waals surface area contributed by atoms with Crippen molar-refractivity contribution in [2.24, 2.45) is 5.92 Å². The van der Waals surface area contributed by atoms with E-state index in [0.29, 0.717) is 12.3 Å². The molecule has 2 bridgehead atoms. The van der Waals surface area contributed by atoms with Crippen LogP contribution in [0.5, 0.6) is 11.5 Å². The topological polar surface area (TPSA) is 65.1 Å². The molecule has 1 spiro atoms. The second-order valence-electron chi connectivity index (χ2n) is 7.56. The number of hydrogen-bond acceptors (Lipinski definition) is 5. The van der Waals surface area contributed by atoms with Crippen LogP contribution in [0.2, 0.25) is 0 Å². The zero-order valence-corrected chi connectivity index (χ0v) is 14.8. The van der Waals surface area contributed by atoms with Crippen molar-refractivity contribution in [3.8, 4) is 11.5 Å². The summed E-state index contributed by atoms with van der Waals surface area (Å²) in [6.45, 7) is 2.10. The smallest absolute Gasteiger partial charge is 0.303 e. The van der Waals surface area contributed by atoms with Crippen LogP contribution < -0.4 is 9.47 Å². The van der Waals surface area contributed by atoms with Gasteiger partial charge in [0.25, 0.3) is 0 Å². The second-order valence-corrected chi connectivity index (χ2v) is 7.56. The van der Waals surface area contributed by atoms with E-state index in [1.807, 2.05) is 17.0 Å². The Kier molecular flexibility index (Phi) is 3.18. The lowest BCUT2D eigenvalue weighted by molar-refractivity contribution is -0.152. The highest BCUT2D eigenvalue weighted by molar-refractivity contribution is 5.68. The first-order valence-electron chi connectivity index (χ1n) is 9.03. The lowest BCUT2D eigenvalue weighted by atomic mass is 9.53. The maximum Gasteiger partial charge on any atom is 0.303 e. The van der Waals surface area contributed by atoms with Gasteiger partial charge in [-0.1, -0.05) is 12.1 Å². The zero-order valence-electron chi connectivity index (χ0n) is 14.8. The molecular weight excluding hydrogens is 334 g/mol. The standard InChI is InChI=1S/C20H21NO5/c1-11(23)25-16-6-4-13-14-9-12-3-5-15(24-2)18-17(12)20(13,19(16)26-18)7-8-21(14)10-22/h3-6,10,13-14,16,19H,7-9H2,1-2H3/t13-,14+,16+,19+,20-/m0/s1. The molecule has 0 N–H and O–H groups in total. The van der Waals surface area contributed by atoms with Crippen LogP contribution in [0.15, 0.2) is 24.3 Å². The van der Waals surface area contributed by atoms with Gasteiger partial charge in [-0.25, -0.2) is 0 Å². The number of methoxy groups -OCH3 is 1. The van der Waals surface area contributed by atoms with Crippen LogP contribution in [0.4, 0.5) is 0 Å². The molecule has 136 valence electrons. The van der Waals surface area contributed by atoms with Crippen molar-refractivity contribution in [1.29, 1.82) is 0 Å². The second kappa shape index (κ2) is 5.25. The van der Waals surface area contributed by atoms with E-state index in [-0.39, 0.29) is 29.4 Å². The number of piperidine rings is 1. The fourth-order valence-electron chi connectivity index (χ4n) is 5.64. The molecule has 1 aromatic carbocycles. The van der Waals surface area contributed by atoms with E-state index >= 15 is 0 Å². The van der Waals surface area contributed by atoms with Gasteiger partial charge in [0.15, 0.2) is 17.6 Å². The monoisotopic (exact) mass is 355 g/mol. The van der Waals surface area contributed by atoms with Gasteiger partial charge in [0.05, 0.1) is 12.5 Å². The molecule has 1 aromatic rings. The molecule has 0 saturated carbocycles. The molecule has 0 unspecified atom stereocenters. The first kappa shape index (κ1) is 15.7. The SMILES string of the molecule is COc1ccc2c3c1O[C@@H]1[C@H](OC(C)=O)C=C[C@H]4[C@@H](C2)N(C=O)CC[C@]314. The Morgan fingerprint density at radius 2 is 2.23 bits per heavy atom. The lowest BCUT2D eigenvalue weighted by Gasteiger charge is -2.56. The molecule has 5 atom stereocenters. The third-order valence-corrected chi connectivity index (χ3v) is 6.54. The fraction of sp³-hybridized carbons (Fsp3) is 0.500. The summed E-state index contributed by atoms with van der Waals surface area (Å²) in [6, 6.07) is 4.12. The largest absolute Gasteiger partial charge is 0.493 e. The molecule has 2 heterocycles. The van der Waals surface area contributed by atoms with E-state index in [4.69, 9.17) is 14.2 Å². The maximum atomic E-state index is 11.6. The summed E-state index contributed by atoms with van der Waals surface area (Å²) in [5, 5.41) is 0. The van der Waals surface area contributed by atoms with Crippen LogP contribution in [0.1, 0.15) is 24.5 Å². The number of benzene rings is 1. The molecule has 6 nitrogen and oxygen atoms in total. The van der Waals surface area contributed by atoms with Crippen molar-refractivity contribution in [2.75, 3.05) is 13.7 Å². The Labute approximate surface area is 151 Å². The van der Waals surface area contributed by atoms with Gasteiger partial charge in [-0.15, -0.1) is 0 Å². The Hall–Kier alpha value is -2.50. The highest BCUT2D eigenvalue weighted by Gasteiger charge is 2.65. The molecule has 1 fully saturated rings. The summed E-state index contributed by atoms with van der Waals surface area (Å²) in [5.74, 6) is 1.32. The average molecular weight is 355 g/mol. The number of ether oxygens (including phenoxy) is 3. The van der Waals surface area contributed by atoms with Gasteiger partial charge in [0, 0.05) is 31.0 Å².